The van der Waals surface area contributed by atoms with Gasteiger partial charge in [0.1, 0.15) is 5.82 Å². The first kappa shape index (κ1) is 17.0. The molecule has 3 rings (SSSR count). The van der Waals surface area contributed by atoms with E-state index < -0.39 is 0 Å². The van der Waals surface area contributed by atoms with E-state index in [2.05, 4.69) is 14.9 Å². The van der Waals surface area contributed by atoms with Gasteiger partial charge in [0.15, 0.2) is 0 Å². The molecule has 2 aromatic rings. The van der Waals surface area contributed by atoms with Gasteiger partial charge in [0.2, 0.25) is 5.91 Å². The van der Waals surface area contributed by atoms with Crippen molar-refractivity contribution in [3.8, 4) is 0 Å². The summed E-state index contributed by atoms with van der Waals surface area (Å²) in [7, 11) is 3.97. The summed E-state index contributed by atoms with van der Waals surface area (Å²) in [6, 6.07) is 8.50. The molecule has 1 aliphatic rings. The second kappa shape index (κ2) is 7.79. The number of para-hydroxylation sites is 2. The average Bonchev–Trinajstić information content (AvgIpc) is 3.03. The van der Waals surface area contributed by atoms with Crippen molar-refractivity contribution in [3.63, 3.8) is 0 Å². The number of rotatable bonds is 6. The number of fused-ring (bicyclic) bond motifs is 1. The van der Waals surface area contributed by atoms with E-state index in [0.717, 1.165) is 42.7 Å². The van der Waals surface area contributed by atoms with Gasteiger partial charge in [-0.25, -0.2) is 4.98 Å². The molecule has 5 nitrogen and oxygen atoms in total. The number of nitrogens with one attached hydrogen (secondary N) is 1. The Balaban J connectivity index is 1.47. The Labute approximate surface area is 144 Å². The van der Waals surface area contributed by atoms with Crippen LogP contribution in [0.5, 0.6) is 0 Å². The number of carbonyl (C=O) groups excluding carboxylic acids is 1. The molecule has 1 amide bonds. The number of H-pyrrole nitrogens is 1. The van der Waals surface area contributed by atoms with Crippen molar-refractivity contribution >= 4 is 16.9 Å². The predicted molar refractivity (Wildman–Crippen MR) is 96.9 cm³/mol. The molecule has 0 aliphatic heterocycles. The highest BCUT2D eigenvalue weighted by atomic mass is 16.2. The lowest BCUT2D eigenvalue weighted by atomic mass is 9.94. The molecular formula is C19H28N4O. The normalized spacial score (nSPS) is 16.0. The molecule has 1 aromatic carbocycles. The monoisotopic (exact) mass is 328 g/mol. The SMILES string of the molecule is CN(CCc1nc2ccccc2[nH]1)CC(=O)N(C)C1CCCCC1. The molecule has 1 fully saturated rings. The van der Waals surface area contributed by atoms with Crippen LogP contribution in [0, 0.1) is 0 Å². The topological polar surface area (TPSA) is 52.2 Å². The Kier molecular flexibility index (Phi) is 5.51. The van der Waals surface area contributed by atoms with Gasteiger partial charge < -0.3 is 9.88 Å². The molecule has 1 aliphatic carbocycles. The number of hydrogen-bond acceptors (Lipinski definition) is 3. The Morgan fingerprint density at radius 3 is 2.71 bits per heavy atom. The summed E-state index contributed by atoms with van der Waals surface area (Å²) in [5.41, 5.74) is 2.08. The molecule has 1 N–H and O–H groups in total. The van der Waals surface area contributed by atoms with Crippen LogP contribution in [0.1, 0.15) is 37.9 Å². The fourth-order valence-corrected chi connectivity index (χ4v) is 3.51. The number of aromatic amines is 1. The van der Waals surface area contributed by atoms with E-state index in [1.54, 1.807) is 0 Å². The van der Waals surface area contributed by atoms with Gasteiger partial charge in [-0.3, -0.25) is 9.69 Å². The van der Waals surface area contributed by atoms with Crippen molar-refractivity contribution in [3.05, 3.63) is 30.1 Å². The third-order valence-corrected chi connectivity index (χ3v) is 5.09. The Hall–Kier alpha value is -1.88. The van der Waals surface area contributed by atoms with E-state index in [-0.39, 0.29) is 5.91 Å². The van der Waals surface area contributed by atoms with Gasteiger partial charge in [-0.1, -0.05) is 31.4 Å². The number of hydrogen-bond donors (Lipinski definition) is 1. The van der Waals surface area contributed by atoms with Crippen molar-refractivity contribution in [1.29, 1.82) is 0 Å². The summed E-state index contributed by atoms with van der Waals surface area (Å²) in [4.78, 5) is 24.5. The molecule has 0 spiro atoms. The molecule has 0 atom stereocenters. The van der Waals surface area contributed by atoms with Gasteiger partial charge in [0.25, 0.3) is 0 Å². The van der Waals surface area contributed by atoms with Crippen LogP contribution in [-0.2, 0) is 11.2 Å². The van der Waals surface area contributed by atoms with Crippen molar-refractivity contribution in [2.45, 2.75) is 44.6 Å². The quantitative estimate of drug-likeness (QED) is 0.887. The zero-order valence-corrected chi connectivity index (χ0v) is 14.8. The molecule has 1 aromatic heterocycles. The van der Waals surface area contributed by atoms with E-state index >= 15 is 0 Å². The van der Waals surface area contributed by atoms with Gasteiger partial charge in [0, 0.05) is 26.1 Å². The molecule has 0 bridgehead atoms. The minimum absolute atomic E-state index is 0.231. The molecule has 130 valence electrons. The number of nitrogens with zero attached hydrogens (tertiary/aromatic N) is 3. The van der Waals surface area contributed by atoms with E-state index in [0.29, 0.717) is 12.6 Å². The Morgan fingerprint density at radius 2 is 1.96 bits per heavy atom. The van der Waals surface area contributed by atoms with Crippen LogP contribution >= 0.6 is 0 Å². The molecular weight excluding hydrogens is 300 g/mol. The summed E-state index contributed by atoms with van der Waals surface area (Å²) in [6.07, 6.45) is 6.96. The lowest BCUT2D eigenvalue weighted by Crippen LogP contribution is -2.43. The van der Waals surface area contributed by atoms with Crippen molar-refractivity contribution in [2.24, 2.45) is 0 Å². The minimum atomic E-state index is 0.231. The first-order valence-electron chi connectivity index (χ1n) is 9.01. The van der Waals surface area contributed by atoms with Gasteiger partial charge in [-0.2, -0.15) is 0 Å². The number of amides is 1. The average molecular weight is 328 g/mol. The molecule has 1 heterocycles. The van der Waals surface area contributed by atoms with E-state index in [1.807, 2.05) is 43.3 Å². The molecule has 0 radical (unpaired) electrons. The highest BCUT2D eigenvalue weighted by Gasteiger charge is 2.22. The summed E-state index contributed by atoms with van der Waals surface area (Å²) >= 11 is 0. The van der Waals surface area contributed by atoms with Crippen molar-refractivity contribution < 1.29 is 4.79 Å². The van der Waals surface area contributed by atoms with E-state index in [1.165, 1.54) is 19.3 Å². The Morgan fingerprint density at radius 1 is 1.21 bits per heavy atom. The third kappa shape index (κ3) is 4.15. The summed E-state index contributed by atoms with van der Waals surface area (Å²) in [6.45, 7) is 1.30. The Bertz CT molecular complexity index is 642. The van der Waals surface area contributed by atoms with E-state index in [9.17, 15) is 4.79 Å². The lowest BCUT2D eigenvalue weighted by molar-refractivity contribution is -0.133. The molecule has 5 heteroatoms. The van der Waals surface area contributed by atoms with Crippen LogP contribution < -0.4 is 0 Å². The van der Waals surface area contributed by atoms with Gasteiger partial charge in [-0.15, -0.1) is 0 Å². The highest BCUT2D eigenvalue weighted by molar-refractivity contribution is 5.78. The maximum atomic E-state index is 12.5. The summed E-state index contributed by atoms with van der Waals surface area (Å²) < 4.78 is 0. The number of aromatic nitrogens is 2. The first-order chi connectivity index (χ1) is 11.6. The summed E-state index contributed by atoms with van der Waals surface area (Å²) in [5, 5.41) is 0. The second-order valence-electron chi connectivity index (χ2n) is 6.98. The number of benzene rings is 1. The van der Waals surface area contributed by atoms with Gasteiger partial charge in [-0.05, 0) is 32.0 Å². The fourth-order valence-electron chi connectivity index (χ4n) is 3.51. The van der Waals surface area contributed by atoms with Crippen molar-refractivity contribution in [2.75, 3.05) is 27.2 Å². The highest BCUT2D eigenvalue weighted by Crippen LogP contribution is 2.21. The van der Waals surface area contributed by atoms with Crippen LogP contribution in [0.3, 0.4) is 0 Å². The first-order valence-corrected chi connectivity index (χ1v) is 9.01. The third-order valence-electron chi connectivity index (χ3n) is 5.09. The van der Waals surface area contributed by atoms with Crippen LogP contribution in [-0.4, -0.2) is 58.9 Å². The van der Waals surface area contributed by atoms with E-state index in [4.69, 9.17) is 0 Å². The maximum absolute atomic E-state index is 12.5. The molecule has 0 saturated heterocycles. The molecule has 1 saturated carbocycles. The smallest absolute Gasteiger partial charge is 0.236 e. The number of carbonyl (C=O) groups is 1. The minimum Gasteiger partial charge on any atom is -0.342 e. The number of likely N-dealkylation sites (N-methyl/N-ethyl adjacent to an activating group) is 2. The predicted octanol–water partition coefficient (Wildman–Crippen LogP) is 2.83. The van der Waals surface area contributed by atoms with Crippen LogP contribution in [0.4, 0.5) is 0 Å². The zero-order valence-electron chi connectivity index (χ0n) is 14.8. The van der Waals surface area contributed by atoms with Crippen LogP contribution in [0.15, 0.2) is 24.3 Å². The van der Waals surface area contributed by atoms with Gasteiger partial charge in [0.05, 0.1) is 17.6 Å². The maximum Gasteiger partial charge on any atom is 0.236 e. The molecule has 0 unspecified atom stereocenters. The summed E-state index contributed by atoms with van der Waals surface area (Å²) in [5.74, 6) is 1.21. The number of imidazole rings is 1. The second-order valence-corrected chi connectivity index (χ2v) is 6.98. The van der Waals surface area contributed by atoms with Crippen LogP contribution in [0.25, 0.3) is 11.0 Å². The fraction of sp³-hybridized carbons (Fsp3) is 0.579. The lowest BCUT2D eigenvalue weighted by Gasteiger charge is -2.32. The van der Waals surface area contributed by atoms with Gasteiger partial charge >= 0.3 is 0 Å². The van der Waals surface area contributed by atoms with Crippen molar-refractivity contribution in [1.82, 2.24) is 19.8 Å². The largest absolute Gasteiger partial charge is 0.342 e. The van der Waals surface area contributed by atoms with Crippen LogP contribution in [0.2, 0.25) is 0 Å². The zero-order chi connectivity index (χ0) is 16.9. The standard InChI is InChI=1S/C19H28N4O/c1-22(14-19(24)23(2)15-8-4-3-5-9-15)13-12-18-20-16-10-6-7-11-17(16)21-18/h6-7,10-11,15H,3-5,8-9,12-14H2,1-2H3,(H,20,21). The molecule has 24 heavy (non-hydrogen) atoms.